The van der Waals surface area contributed by atoms with Crippen molar-refractivity contribution in [2.75, 3.05) is 39.4 Å². The molecule has 4 heterocycles. The number of fused-ring (bicyclic) bond motifs is 1. The van der Waals surface area contributed by atoms with E-state index in [0.29, 0.717) is 63.3 Å². The first-order valence-corrected chi connectivity index (χ1v) is 13.5. The molecule has 1 amide bonds. The van der Waals surface area contributed by atoms with Gasteiger partial charge in [0.1, 0.15) is 6.54 Å². The Morgan fingerprint density at radius 2 is 1.68 bits per heavy atom. The molecule has 0 N–H and O–H groups in total. The van der Waals surface area contributed by atoms with Crippen LogP contribution in [0.15, 0.2) is 27.9 Å². The average molecular weight is 493 g/mol. The van der Waals surface area contributed by atoms with Crippen molar-refractivity contribution < 1.29 is 22.7 Å². The molecule has 0 radical (unpaired) electrons. The second-order valence-electron chi connectivity index (χ2n) is 9.58. The van der Waals surface area contributed by atoms with Gasteiger partial charge in [-0.05, 0) is 44.9 Å². The third-order valence-corrected chi connectivity index (χ3v) is 9.03. The molecule has 0 bridgehead atoms. The molecule has 186 valence electrons. The van der Waals surface area contributed by atoms with Gasteiger partial charge in [0.2, 0.25) is 15.9 Å². The Hall–Kier alpha value is -2.21. The van der Waals surface area contributed by atoms with Crippen LogP contribution in [0.25, 0.3) is 11.0 Å². The van der Waals surface area contributed by atoms with Gasteiger partial charge >= 0.3 is 5.69 Å². The Morgan fingerprint density at radius 1 is 1.03 bits per heavy atom. The van der Waals surface area contributed by atoms with Gasteiger partial charge < -0.3 is 14.4 Å². The summed E-state index contributed by atoms with van der Waals surface area (Å²) in [5.74, 6) is -0.759. The van der Waals surface area contributed by atoms with Crippen molar-refractivity contribution in [2.45, 2.75) is 62.8 Å². The first-order valence-electron chi connectivity index (χ1n) is 12.0. The minimum atomic E-state index is -3.65. The fourth-order valence-electron chi connectivity index (χ4n) is 5.27. The first-order chi connectivity index (χ1) is 16.2. The molecule has 5 rings (SSSR count). The molecule has 3 aliphatic rings. The SMILES string of the molecule is CC(C)n1c(=O)n(CC(=O)N2CCC3(CC2)OCCO3)c2cc(S(=O)(=O)N3CCCC3)ccc21. The molecular weight excluding hydrogens is 460 g/mol. The number of nitrogens with zero attached hydrogens (tertiary/aromatic N) is 4. The summed E-state index contributed by atoms with van der Waals surface area (Å²) in [5, 5.41) is 0. The number of aromatic nitrogens is 2. The molecule has 11 heteroatoms. The molecule has 10 nitrogen and oxygen atoms in total. The van der Waals surface area contributed by atoms with E-state index in [4.69, 9.17) is 9.47 Å². The van der Waals surface area contributed by atoms with Gasteiger partial charge in [0.05, 0.1) is 29.1 Å². The Bertz CT molecular complexity index is 1240. The molecular formula is C23H32N4O6S. The van der Waals surface area contributed by atoms with Gasteiger partial charge in [-0.15, -0.1) is 0 Å². The molecule has 0 atom stereocenters. The number of carbonyl (C=O) groups excluding carboxylic acids is 1. The molecule has 1 spiro atoms. The van der Waals surface area contributed by atoms with E-state index in [1.165, 1.54) is 8.87 Å². The Balaban J connectivity index is 1.46. The number of carbonyl (C=O) groups is 1. The minimum Gasteiger partial charge on any atom is -0.347 e. The predicted octanol–water partition coefficient (Wildman–Crippen LogP) is 1.53. The largest absolute Gasteiger partial charge is 0.347 e. The van der Waals surface area contributed by atoms with Gasteiger partial charge in [0.25, 0.3) is 0 Å². The van der Waals surface area contributed by atoms with Crippen LogP contribution < -0.4 is 5.69 Å². The van der Waals surface area contributed by atoms with Crippen LogP contribution in [0.2, 0.25) is 0 Å². The zero-order valence-electron chi connectivity index (χ0n) is 19.7. The van der Waals surface area contributed by atoms with Crippen molar-refractivity contribution >= 4 is 27.0 Å². The molecule has 1 aromatic heterocycles. The van der Waals surface area contributed by atoms with E-state index in [0.717, 1.165) is 12.8 Å². The molecule has 0 aliphatic carbocycles. The van der Waals surface area contributed by atoms with Crippen molar-refractivity contribution in [3.8, 4) is 0 Å². The fraction of sp³-hybridized carbons (Fsp3) is 0.652. The smallest absolute Gasteiger partial charge is 0.329 e. The fourth-order valence-corrected chi connectivity index (χ4v) is 6.80. The lowest BCUT2D eigenvalue weighted by Gasteiger charge is -2.37. The Morgan fingerprint density at radius 3 is 2.29 bits per heavy atom. The lowest BCUT2D eigenvalue weighted by Crippen LogP contribution is -2.48. The average Bonchev–Trinajstić information content (AvgIpc) is 3.55. The maximum absolute atomic E-state index is 13.3. The molecule has 34 heavy (non-hydrogen) atoms. The summed E-state index contributed by atoms with van der Waals surface area (Å²) in [6, 6.07) is 4.65. The highest BCUT2D eigenvalue weighted by Crippen LogP contribution is 2.31. The van der Waals surface area contributed by atoms with Gasteiger partial charge in [0, 0.05) is 45.1 Å². The Kier molecular flexibility index (Phi) is 6.07. The van der Waals surface area contributed by atoms with Crippen LogP contribution in [0.3, 0.4) is 0 Å². The monoisotopic (exact) mass is 492 g/mol. The summed E-state index contributed by atoms with van der Waals surface area (Å²) in [6.07, 6.45) is 2.88. The zero-order valence-corrected chi connectivity index (χ0v) is 20.6. The number of hydrogen-bond acceptors (Lipinski definition) is 6. The van der Waals surface area contributed by atoms with Crippen molar-refractivity contribution in [1.29, 1.82) is 0 Å². The number of rotatable bonds is 5. The number of likely N-dealkylation sites (tertiary alicyclic amines) is 1. The van der Waals surface area contributed by atoms with Gasteiger partial charge in [-0.1, -0.05) is 0 Å². The highest BCUT2D eigenvalue weighted by Gasteiger charge is 2.41. The van der Waals surface area contributed by atoms with Crippen molar-refractivity contribution in [3.63, 3.8) is 0 Å². The molecule has 2 aromatic rings. The number of piperidine rings is 1. The number of hydrogen-bond donors (Lipinski definition) is 0. The minimum absolute atomic E-state index is 0.140. The third-order valence-electron chi connectivity index (χ3n) is 7.14. The second kappa shape index (κ2) is 8.78. The van der Waals surface area contributed by atoms with Crippen LogP contribution in [0.1, 0.15) is 45.6 Å². The number of sulfonamides is 1. The molecule has 1 aromatic carbocycles. The van der Waals surface area contributed by atoms with E-state index in [1.807, 2.05) is 13.8 Å². The van der Waals surface area contributed by atoms with Gasteiger partial charge in [-0.25, -0.2) is 13.2 Å². The maximum Gasteiger partial charge on any atom is 0.329 e. The van der Waals surface area contributed by atoms with Crippen LogP contribution in [-0.2, 0) is 30.8 Å². The number of benzene rings is 1. The summed E-state index contributed by atoms with van der Waals surface area (Å²) < 4.78 is 42.3. The molecule has 3 aliphatic heterocycles. The number of ether oxygens (including phenoxy) is 2. The summed E-state index contributed by atoms with van der Waals surface area (Å²) >= 11 is 0. The maximum atomic E-state index is 13.3. The van der Waals surface area contributed by atoms with Gasteiger partial charge in [-0.3, -0.25) is 13.9 Å². The number of amides is 1. The summed E-state index contributed by atoms with van der Waals surface area (Å²) in [6.45, 7) is 6.78. The van der Waals surface area contributed by atoms with E-state index >= 15 is 0 Å². The normalized spacial score (nSPS) is 21.3. The van der Waals surface area contributed by atoms with Gasteiger partial charge in [0.15, 0.2) is 5.79 Å². The van der Waals surface area contributed by atoms with Crippen LogP contribution in [-0.4, -0.2) is 77.8 Å². The van der Waals surface area contributed by atoms with Crippen molar-refractivity contribution in [2.24, 2.45) is 0 Å². The van der Waals surface area contributed by atoms with Crippen molar-refractivity contribution in [3.05, 3.63) is 28.7 Å². The Labute approximate surface area is 199 Å². The van der Waals surface area contributed by atoms with Crippen LogP contribution in [0, 0.1) is 0 Å². The molecule has 0 saturated carbocycles. The lowest BCUT2D eigenvalue weighted by molar-refractivity contribution is -0.187. The first kappa shape index (κ1) is 23.5. The van der Waals surface area contributed by atoms with E-state index in [2.05, 4.69) is 0 Å². The highest BCUT2D eigenvalue weighted by atomic mass is 32.2. The topological polar surface area (TPSA) is 103 Å². The van der Waals surface area contributed by atoms with Crippen LogP contribution >= 0.6 is 0 Å². The number of imidazole rings is 1. The third kappa shape index (κ3) is 3.98. The van der Waals surface area contributed by atoms with E-state index in [-0.39, 0.29) is 29.1 Å². The van der Waals surface area contributed by atoms with E-state index in [1.54, 1.807) is 27.7 Å². The standard InChI is InChI=1S/C23H32N4O6S/c1-17(2)27-19-6-5-18(34(30,31)25-9-3-4-10-25)15-20(19)26(22(27)29)16-21(28)24-11-7-23(8-12-24)32-13-14-33-23/h5-6,15,17H,3-4,7-14,16H2,1-2H3. The highest BCUT2D eigenvalue weighted by molar-refractivity contribution is 7.89. The quantitative estimate of drug-likeness (QED) is 0.627. The van der Waals surface area contributed by atoms with Gasteiger partial charge in [-0.2, -0.15) is 4.31 Å². The zero-order chi connectivity index (χ0) is 24.1. The lowest BCUT2D eigenvalue weighted by atomic mass is 10.0. The van der Waals surface area contributed by atoms with E-state index in [9.17, 15) is 18.0 Å². The molecule has 3 fully saturated rings. The van der Waals surface area contributed by atoms with E-state index < -0.39 is 15.8 Å². The summed E-state index contributed by atoms with van der Waals surface area (Å²) in [7, 11) is -3.65. The molecule has 0 unspecified atom stereocenters. The summed E-state index contributed by atoms with van der Waals surface area (Å²) in [4.78, 5) is 28.4. The molecule has 3 saturated heterocycles. The second-order valence-corrected chi connectivity index (χ2v) is 11.5. The van der Waals surface area contributed by atoms with Crippen LogP contribution in [0.5, 0.6) is 0 Å². The van der Waals surface area contributed by atoms with Crippen molar-refractivity contribution in [1.82, 2.24) is 18.3 Å². The summed E-state index contributed by atoms with van der Waals surface area (Å²) in [5.41, 5.74) is 0.770. The van der Waals surface area contributed by atoms with Crippen LogP contribution in [0.4, 0.5) is 0 Å². The predicted molar refractivity (Wildman–Crippen MR) is 125 cm³/mol.